The number of nitrogens with zero attached hydrogens (tertiary/aromatic N) is 3. The van der Waals surface area contributed by atoms with E-state index < -0.39 is 0 Å². The summed E-state index contributed by atoms with van der Waals surface area (Å²) in [7, 11) is 0. The summed E-state index contributed by atoms with van der Waals surface area (Å²) >= 11 is 0. The molecule has 0 saturated carbocycles. The quantitative estimate of drug-likeness (QED) is 0.922. The highest BCUT2D eigenvalue weighted by Crippen LogP contribution is 2.27. The highest BCUT2D eigenvalue weighted by atomic mass is 15.2. The molecule has 2 N–H and O–H groups in total. The number of rotatable bonds is 5. The van der Waals surface area contributed by atoms with Gasteiger partial charge in [0.1, 0.15) is 11.6 Å². The first-order valence-electron chi connectivity index (χ1n) is 8.11. The minimum atomic E-state index is 0.471. The van der Waals surface area contributed by atoms with Crippen LogP contribution in [0, 0.1) is 6.92 Å². The molecule has 1 saturated heterocycles. The second kappa shape index (κ2) is 6.88. The SMILES string of the molecule is Cc1nc(CN)cc(N2CCC[C@@H]2CCc2ccccc2)n1. The molecule has 1 aliphatic rings. The first-order chi connectivity index (χ1) is 10.8. The van der Waals surface area contributed by atoms with Crippen molar-refractivity contribution in [3.8, 4) is 0 Å². The van der Waals surface area contributed by atoms with Gasteiger partial charge in [0.25, 0.3) is 0 Å². The Kier molecular flexibility index (Phi) is 4.68. The number of aryl methyl sites for hydroxylation is 2. The summed E-state index contributed by atoms with van der Waals surface area (Å²) in [6, 6.07) is 13.3. The molecule has 1 atom stereocenters. The van der Waals surface area contributed by atoms with Crippen LogP contribution in [0.4, 0.5) is 5.82 Å². The van der Waals surface area contributed by atoms with Crippen LogP contribution in [0.15, 0.2) is 36.4 Å². The van der Waals surface area contributed by atoms with Gasteiger partial charge in [-0.3, -0.25) is 0 Å². The molecule has 2 aromatic rings. The minimum Gasteiger partial charge on any atom is -0.354 e. The molecule has 0 bridgehead atoms. The summed E-state index contributed by atoms with van der Waals surface area (Å²) in [4.78, 5) is 11.4. The molecule has 0 radical (unpaired) electrons. The maximum atomic E-state index is 5.75. The lowest BCUT2D eigenvalue weighted by molar-refractivity contribution is 0.604. The molecule has 1 aliphatic heterocycles. The van der Waals surface area contributed by atoms with Crippen LogP contribution < -0.4 is 10.6 Å². The first kappa shape index (κ1) is 15.0. The van der Waals surface area contributed by atoms with Crippen LogP contribution in [0.25, 0.3) is 0 Å². The van der Waals surface area contributed by atoms with E-state index in [1.165, 1.54) is 24.8 Å². The number of hydrogen-bond donors (Lipinski definition) is 1. The number of anilines is 1. The van der Waals surface area contributed by atoms with Gasteiger partial charge in [0.2, 0.25) is 0 Å². The zero-order valence-corrected chi connectivity index (χ0v) is 13.2. The van der Waals surface area contributed by atoms with Crippen LogP contribution in [0.5, 0.6) is 0 Å². The molecule has 0 unspecified atom stereocenters. The number of benzene rings is 1. The Morgan fingerprint density at radius 3 is 2.82 bits per heavy atom. The van der Waals surface area contributed by atoms with Gasteiger partial charge in [-0.1, -0.05) is 30.3 Å². The lowest BCUT2D eigenvalue weighted by Crippen LogP contribution is -2.31. The lowest BCUT2D eigenvalue weighted by Gasteiger charge is -2.26. The topological polar surface area (TPSA) is 55.0 Å². The molecule has 1 fully saturated rings. The highest BCUT2D eigenvalue weighted by Gasteiger charge is 2.25. The molecule has 0 spiro atoms. The molecule has 4 nitrogen and oxygen atoms in total. The highest BCUT2D eigenvalue weighted by molar-refractivity contribution is 5.42. The van der Waals surface area contributed by atoms with E-state index in [2.05, 4.69) is 45.2 Å². The van der Waals surface area contributed by atoms with Gasteiger partial charge in [-0.25, -0.2) is 9.97 Å². The molecule has 4 heteroatoms. The number of hydrogen-bond acceptors (Lipinski definition) is 4. The Morgan fingerprint density at radius 1 is 1.23 bits per heavy atom. The summed E-state index contributed by atoms with van der Waals surface area (Å²) < 4.78 is 0. The van der Waals surface area contributed by atoms with Crippen molar-refractivity contribution in [2.24, 2.45) is 5.73 Å². The van der Waals surface area contributed by atoms with E-state index in [1.54, 1.807) is 0 Å². The Balaban J connectivity index is 1.71. The first-order valence-corrected chi connectivity index (χ1v) is 8.11. The van der Waals surface area contributed by atoms with E-state index in [9.17, 15) is 0 Å². The van der Waals surface area contributed by atoms with Crippen LogP contribution in [-0.2, 0) is 13.0 Å². The summed E-state index contributed by atoms with van der Waals surface area (Å²) in [6.45, 7) is 3.50. The van der Waals surface area contributed by atoms with Gasteiger partial charge in [-0.05, 0) is 38.2 Å². The normalized spacial score (nSPS) is 17.9. The van der Waals surface area contributed by atoms with Gasteiger partial charge < -0.3 is 10.6 Å². The van der Waals surface area contributed by atoms with Gasteiger partial charge >= 0.3 is 0 Å². The Labute approximate surface area is 132 Å². The standard InChI is InChI=1S/C18H24N4/c1-14-20-16(13-19)12-18(21-14)22-11-5-8-17(22)10-9-15-6-3-2-4-7-15/h2-4,6-7,12,17H,5,8-11,13,19H2,1H3/t17-/m1/s1. The number of aromatic nitrogens is 2. The predicted octanol–water partition coefficient (Wildman–Crippen LogP) is 2.85. The van der Waals surface area contributed by atoms with Crippen molar-refractivity contribution in [2.45, 2.75) is 45.2 Å². The average Bonchev–Trinajstić information content (AvgIpc) is 3.02. The minimum absolute atomic E-state index is 0.471. The zero-order chi connectivity index (χ0) is 15.4. The van der Waals surface area contributed by atoms with Crippen LogP contribution in [0.3, 0.4) is 0 Å². The van der Waals surface area contributed by atoms with E-state index in [0.29, 0.717) is 12.6 Å². The fraction of sp³-hybridized carbons (Fsp3) is 0.444. The van der Waals surface area contributed by atoms with Crippen molar-refractivity contribution >= 4 is 5.82 Å². The van der Waals surface area contributed by atoms with Crippen molar-refractivity contribution in [1.29, 1.82) is 0 Å². The van der Waals surface area contributed by atoms with E-state index >= 15 is 0 Å². The summed E-state index contributed by atoms with van der Waals surface area (Å²) in [5, 5.41) is 0. The second-order valence-corrected chi connectivity index (χ2v) is 5.98. The molecule has 2 heterocycles. The van der Waals surface area contributed by atoms with Gasteiger partial charge in [0.15, 0.2) is 0 Å². The van der Waals surface area contributed by atoms with Crippen LogP contribution in [0.2, 0.25) is 0 Å². The molecule has 22 heavy (non-hydrogen) atoms. The molecule has 1 aromatic heterocycles. The van der Waals surface area contributed by atoms with E-state index in [1.807, 2.05) is 13.0 Å². The molecule has 3 rings (SSSR count). The third-order valence-electron chi connectivity index (χ3n) is 4.37. The Morgan fingerprint density at radius 2 is 2.05 bits per heavy atom. The molecule has 0 amide bonds. The summed E-state index contributed by atoms with van der Waals surface area (Å²) in [5.41, 5.74) is 8.09. The Bertz CT molecular complexity index is 612. The van der Waals surface area contributed by atoms with Crippen molar-refractivity contribution in [1.82, 2.24) is 9.97 Å². The van der Waals surface area contributed by atoms with Gasteiger partial charge in [-0.2, -0.15) is 0 Å². The van der Waals surface area contributed by atoms with Crippen LogP contribution in [0.1, 0.15) is 36.3 Å². The fourth-order valence-corrected chi connectivity index (χ4v) is 3.28. The van der Waals surface area contributed by atoms with Gasteiger partial charge in [0, 0.05) is 25.2 Å². The van der Waals surface area contributed by atoms with Crippen molar-refractivity contribution in [3.05, 3.63) is 53.5 Å². The second-order valence-electron chi connectivity index (χ2n) is 5.98. The molecular weight excluding hydrogens is 272 g/mol. The molecule has 0 aliphatic carbocycles. The zero-order valence-electron chi connectivity index (χ0n) is 13.2. The van der Waals surface area contributed by atoms with Gasteiger partial charge in [-0.15, -0.1) is 0 Å². The predicted molar refractivity (Wildman–Crippen MR) is 89.8 cm³/mol. The van der Waals surface area contributed by atoms with Crippen molar-refractivity contribution < 1.29 is 0 Å². The molecule has 1 aromatic carbocycles. The van der Waals surface area contributed by atoms with E-state index in [0.717, 1.165) is 30.3 Å². The van der Waals surface area contributed by atoms with Gasteiger partial charge in [0.05, 0.1) is 5.69 Å². The summed E-state index contributed by atoms with van der Waals surface area (Å²) in [5.74, 6) is 1.86. The van der Waals surface area contributed by atoms with E-state index in [-0.39, 0.29) is 0 Å². The monoisotopic (exact) mass is 296 g/mol. The fourth-order valence-electron chi connectivity index (χ4n) is 3.28. The maximum absolute atomic E-state index is 5.75. The molecular formula is C18H24N4. The average molecular weight is 296 g/mol. The van der Waals surface area contributed by atoms with Crippen molar-refractivity contribution in [2.75, 3.05) is 11.4 Å². The summed E-state index contributed by atoms with van der Waals surface area (Å²) in [6.07, 6.45) is 4.77. The largest absolute Gasteiger partial charge is 0.354 e. The molecule has 116 valence electrons. The van der Waals surface area contributed by atoms with Crippen LogP contribution in [-0.4, -0.2) is 22.6 Å². The maximum Gasteiger partial charge on any atom is 0.132 e. The van der Waals surface area contributed by atoms with Crippen molar-refractivity contribution in [3.63, 3.8) is 0 Å². The Hall–Kier alpha value is -1.94. The smallest absolute Gasteiger partial charge is 0.132 e. The van der Waals surface area contributed by atoms with Crippen LogP contribution >= 0.6 is 0 Å². The third-order valence-corrected chi connectivity index (χ3v) is 4.37. The van der Waals surface area contributed by atoms with E-state index in [4.69, 9.17) is 5.73 Å². The third kappa shape index (κ3) is 3.45. The number of nitrogens with two attached hydrogens (primary N) is 1. The lowest BCUT2D eigenvalue weighted by atomic mass is 10.0.